The molecule has 0 bridgehead atoms. The van der Waals surface area contributed by atoms with Crippen LogP contribution < -0.4 is 0 Å². The number of rotatable bonds is 8. The predicted octanol–water partition coefficient (Wildman–Crippen LogP) is 4.47. The molecule has 2 aromatic carbocycles. The first kappa shape index (κ1) is 24.5. The van der Waals surface area contributed by atoms with Crippen molar-refractivity contribution in [3.63, 3.8) is 0 Å². The van der Waals surface area contributed by atoms with Crippen molar-refractivity contribution in [1.82, 2.24) is 9.80 Å². The third-order valence-corrected chi connectivity index (χ3v) is 5.90. The molecular weight excluding hydrogens is 416 g/mol. The van der Waals surface area contributed by atoms with Crippen LogP contribution in [0.25, 0.3) is 0 Å². The molecule has 1 aliphatic heterocycles. The lowest BCUT2D eigenvalue weighted by Crippen LogP contribution is -2.46. The van der Waals surface area contributed by atoms with E-state index in [-0.39, 0.29) is 12.6 Å². The maximum Gasteiger partial charge on any atom is 0.410 e. The van der Waals surface area contributed by atoms with Crippen LogP contribution in [0.2, 0.25) is 0 Å². The molecule has 3 rings (SSSR count). The fourth-order valence-corrected chi connectivity index (χ4v) is 3.93. The summed E-state index contributed by atoms with van der Waals surface area (Å²) in [5, 5.41) is 0. The monoisotopic (exact) mass is 450 g/mol. The van der Waals surface area contributed by atoms with Crippen LogP contribution in [0, 0.1) is 5.41 Å². The van der Waals surface area contributed by atoms with Gasteiger partial charge in [-0.2, -0.15) is 0 Å². The topological polar surface area (TPSA) is 66.9 Å². The zero-order valence-corrected chi connectivity index (χ0v) is 19.8. The van der Waals surface area contributed by atoms with Gasteiger partial charge >= 0.3 is 6.09 Å². The molecule has 2 amide bonds. The average molecular weight is 451 g/mol. The second-order valence-corrected chi connectivity index (χ2v) is 9.59. The van der Waals surface area contributed by atoms with E-state index in [2.05, 4.69) is 0 Å². The van der Waals surface area contributed by atoms with Gasteiger partial charge in [0.15, 0.2) is 0 Å². The molecule has 33 heavy (non-hydrogen) atoms. The molecule has 1 aliphatic rings. The van der Waals surface area contributed by atoms with Crippen molar-refractivity contribution in [2.45, 2.75) is 52.6 Å². The highest BCUT2D eigenvalue weighted by atomic mass is 16.6. The zero-order valence-electron chi connectivity index (χ0n) is 19.8. The molecule has 176 valence electrons. The van der Waals surface area contributed by atoms with E-state index in [1.807, 2.05) is 60.7 Å². The van der Waals surface area contributed by atoms with E-state index in [9.17, 15) is 14.4 Å². The van der Waals surface area contributed by atoms with Crippen LogP contribution in [-0.2, 0) is 27.3 Å². The lowest BCUT2D eigenvalue weighted by Gasteiger charge is -2.28. The summed E-state index contributed by atoms with van der Waals surface area (Å²) in [6, 6.07) is 19.6. The van der Waals surface area contributed by atoms with E-state index < -0.39 is 23.2 Å². The van der Waals surface area contributed by atoms with Gasteiger partial charge in [-0.1, -0.05) is 81.4 Å². The third-order valence-electron chi connectivity index (χ3n) is 5.90. The first-order valence-electron chi connectivity index (χ1n) is 11.6. The fraction of sp³-hybridized carbons (Fsp3) is 0.444. The number of ether oxygens (including phenoxy) is 1. The van der Waals surface area contributed by atoms with Crippen LogP contribution in [0.4, 0.5) is 4.79 Å². The summed E-state index contributed by atoms with van der Waals surface area (Å²) in [7, 11) is 0. The number of carbonyl (C=O) groups is 3. The maximum atomic E-state index is 13.0. The summed E-state index contributed by atoms with van der Waals surface area (Å²) in [4.78, 5) is 41.5. The summed E-state index contributed by atoms with van der Waals surface area (Å²) in [5.41, 5.74) is 1.44. The van der Waals surface area contributed by atoms with Gasteiger partial charge in [0.05, 0.1) is 6.04 Å². The van der Waals surface area contributed by atoms with Gasteiger partial charge in [-0.25, -0.2) is 4.79 Å². The Morgan fingerprint density at radius 2 is 1.58 bits per heavy atom. The molecule has 6 heteroatoms. The van der Waals surface area contributed by atoms with E-state index in [0.717, 1.165) is 30.4 Å². The van der Waals surface area contributed by atoms with Crippen molar-refractivity contribution in [1.29, 1.82) is 0 Å². The highest BCUT2D eigenvalue weighted by molar-refractivity contribution is 6.37. The Morgan fingerprint density at radius 3 is 2.18 bits per heavy atom. The van der Waals surface area contributed by atoms with Crippen molar-refractivity contribution < 1.29 is 19.1 Å². The minimum absolute atomic E-state index is 0.0959. The Kier molecular flexibility index (Phi) is 8.26. The van der Waals surface area contributed by atoms with Crippen LogP contribution in [-0.4, -0.2) is 53.3 Å². The number of amides is 2. The predicted molar refractivity (Wildman–Crippen MR) is 128 cm³/mol. The van der Waals surface area contributed by atoms with Gasteiger partial charge in [0.1, 0.15) is 6.61 Å². The molecule has 0 saturated carbocycles. The summed E-state index contributed by atoms with van der Waals surface area (Å²) in [6.07, 6.45) is 1.83. The van der Waals surface area contributed by atoms with Gasteiger partial charge in [-0.15, -0.1) is 0 Å². The molecule has 0 aromatic heterocycles. The van der Waals surface area contributed by atoms with Crippen molar-refractivity contribution in [3.8, 4) is 0 Å². The standard InChI is InChI=1S/C27H34N2O4/c1-27(2,3)24(30)25(31)29-17-10-15-23(29)20-33-26(32)28(19-22-13-8-5-9-14-22)18-16-21-11-6-4-7-12-21/h4-9,11-14,23H,10,15-20H2,1-3H3. The highest BCUT2D eigenvalue weighted by Gasteiger charge is 2.37. The Hall–Kier alpha value is -3.15. The van der Waals surface area contributed by atoms with Crippen LogP contribution in [0.5, 0.6) is 0 Å². The van der Waals surface area contributed by atoms with Gasteiger partial charge in [-0.3, -0.25) is 9.59 Å². The van der Waals surface area contributed by atoms with E-state index in [1.165, 1.54) is 0 Å². The summed E-state index contributed by atoms with van der Waals surface area (Å²) in [6.45, 7) is 6.81. The summed E-state index contributed by atoms with van der Waals surface area (Å²) in [5.74, 6) is -0.888. The molecule has 0 aliphatic carbocycles. The quantitative estimate of drug-likeness (QED) is 0.557. The number of likely N-dealkylation sites (tertiary alicyclic amines) is 1. The summed E-state index contributed by atoms with van der Waals surface area (Å²) >= 11 is 0. The highest BCUT2D eigenvalue weighted by Crippen LogP contribution is 2.23. The molecule has 1 saturated heterocycles. The second kappa shape index (κ2) is 11.1. The molecular formula is C27H34N2O4. The average Bonchev–Trinajstić information content (AvgIpc) is 3.28. The Bertz CT molecular complexity index is 938. The van der Waals surface area contributed by atoms with Crippen molar-refractivity contribution >= 4 is 17.8 Å². The molecule has 2 aromatic rings. The Labute approximate surface area is 196 Å². The lowest BCUT2D eigenvalue weighted by atomic mass is 9.90. The van der Waals surface area contributed by atoms with Crippen LogP contribution in [0.1, 0.15) is 44.7 Å². The van der Waals surface area contributed by atoms with E-state index >= 15 is 0 Å². The van der Waals surface area contributed by atoms with Crippen LogP contribution in [0.15, 0.2) is 60.7 Å². The molecule has 0 N–H and O–H groups in total. The molecule has 0 radical (unpaired) electrons. The van der Waals surface area contributed by atoms with Crippen molar-refractivity contribution in [2.75, 3.05) is 19.7 Å². The smallest absolute Gasteiger partial charge is 0.410 e. The Morgan fingerprint density at radius 1 is 0.970 bits per heavy atom. The molecule has 1 fully saturated rings. The third kappa shape index (κ3) is 6.91. The molecule has 6 nitrogen and oxygen atoms in total. The minimum Gasteiger partial charge on any atom is -0.447 e. The molecule has 1 heterocycles. The lowest BCUT2D eigenvalue weighted by molar-refractivity contribution is -0.149. The number of carbonyl (C=O) groups excluding carboxylic acids is 3. The van der Waals surface area contributed by atoms with Crippen LogP contribution in [0.3, 0.4) is 0 Å². The minimum atomic E-state index is -0.731. The number of benzene rings is 2. The molecule has 1 atom stereocenters. The number of Topliss-reactive ketones (excluding diaryl/α,β-unsaturated/α-hetero) is 1. The summed E-state index contributed by atoms with van der Waals surface area (Å²) < 4.78 is 5.68. The van der Waals surface area contributed by atoms with Crippen molar-refractivity contribution in [2.24, 2.45) is 5.41 Å². The number of hydrogen-bond acceptors (Lipinski definition) is 4. The first-order chi connectivity index (χ1) is 15.8. The SMILES string of the molecule is CC(C)(C)C(=O)C(=O)N1CCCC1COC(=O)N(CCc1ccccc1)Cc1ccccc1. The number of hydrogen-bond donors (Lipinski definition) is 0. The van der Waals surface area contributed by atoms with Gasteiger partial charge < -0.3 is 14.5 Å². The maximum absolute atomic E-state index is 13.0. The van der Waals surface area contributed by atoms with Crippen LogP contribution >= 0.6 is 0 Å². The molecule has 1 unspecified atom stereocenters. The van der Waals surface area contributed by atoms with Crippen molar-refractivity contribution in [3.05, 3.63) is 71.8 Å². The number of ketones is 1. The van der Waals surface area contributed by atoms with E-state index in [4.69, 9.17) is 4.74 Å². The van der Waals surface area contributed by atoms with Gasteiger partial charge in [0, 0.05) is 25.0 Å². The van der Waals surface area contributed by atoms with Gasteiger partial charge in [-0.05, 0) is 30.4 Å². The first-order valence-corrected chi connectivity index (χ1v) is 11.6. The zero-order chi connectivity index (χ0) is 23.8. The Balaban J connectivity index is 1.63. The fourth-order valence-electron chi connectivity index (χ4n) is 3.93. The number of nitrogens with zero attached hydrogens (tertiary/aromatic N) is 2. The second-order valence-electron chi connectivity index (χ2n) is 9.59. The molecule has 0 spiro atoms. The van der Waals surface area contributed by atoms with E-state index in [0.29, 0.717) is 19.6 Å². The van der Waals surface area contributed by atoms with Gasteiger partial charge in [0.2, 0.25) is 5.78 Å². The van der Waals surface area contributed by atoms with E-state index in [1.54, 1.807) is 30.6 Å². The normalized spacial score (nSPS) is 15.8. The largest absolute Gasteiger partial charge is 0.447 e. The van der Waals surface area contributed by atoms with Gasteiger partial charge in [0.25, 0.3) is 5.91 Å².